The van der Waals surface area contributed by atoms with E-state index in [0.717, 1.165) is 36.0 Å². The molecule has 0 bridgehead atoms. The van der Waals surface area contributed by atoms with Gasteiger partial charge < -0.3 is 9.73 Å². The lowest BCUT2D eigenvalue weighted by atomic mass is 10.1. The molecule has 104 valence electrons. The molecule has 0 radical (unpaired) electrons. The summed E-state index contributed by atoms with van der Waals surface area (Å²) >= 11 is 5.40. The summed E-state index contributed by atoms with van der Waals surface area (Å²) in [5, 5.41) is 5.72. The van der Waals surface area contributed by atoms with E-state index in [0.29, 0.717) is 6.04 Å². The molecular formula is C15H20BrNOS. The van der Waals surface area contributed by atoms with Gasteiger partial charge in [-0.2, -0.15) is 0 Å². The molecule has 0 saturated carbocycles. The lowest BCUT2D eigenvalue weighted by molar-refractivity contribution is 0.387. The lowest BCUT2D eigenvalue weighted by Crippen LogP contribution is -2.22. The Balaban J connectivity index is 1.89. The smallest absolute Gasteiger partial charge is 0.134 e. The molecule has 4 heteroatoms. The number of halogens is 1. The Morgan fingerprint density at radius 1 is 1.42 bits per heavy atom. The second kappa shape index (κ2) is 7.88. The molecule has 1 unspecified atom stereocenters. The van der Waals surface area contributed by atoms with Crippen LogP contribution in [-0.4, -0.2) is 6.54 Å². The molecule has 2 rings (SSSR count). The largest absolute Gasteiger partial charge is 0.466 e. The monoisotopic (exact) mass is 341 g/mol. The van der Waals surface area contributed by atoms with E-state index < -0.39 is 0 Å². The van der Waals surface area contributed by atoms with Crippen molar-refractivity contribution in [1.82, 2.24) is 5.32 Å². The highest BCUT2D eigenvalue weighted by atomic mass is 79.9. The maximum Gasteiger partial charge on any atom is 0.134 e. The topological polar surface area (TPSA) is 25.2 Å². The van der Waals surface area contributed by atoms with E-state index in [2.05, 4.69) is 45.7 Å². The summed E-state index contributed by atoms with van der Waals surface area (Å²) < 4.78 is 6.67. The number of furan rings is 1. The average Bonchev–Trinajstić information content (AvgIpc) is 3.05. The number of hydrogen-bond donors (Lipinski definition) is 1. The molecular weight excluding hydrogens is 322 g/mol. The predicted molar refractivity (Wildman–Crippen MR) is 84.7 cm³/mol. The van der Waals surface area contributed by atoms with Crippen LogP contribution in [0.3, 0.4) is 0 Å². The molecule has 1 N–H and O–H groups in total. The summed E-state index contributed by atoms with van der Waals surface area (Å²) in [6, 6.07) is 6.61. The molecule has 0 aliphatic carbocycles. The SMILES string of the molecule is CCCNC(CCCc1cccs1)c1occc1Br. The van der Waals surface area contributed by atoms with Gasteiger partial charge in [0.2, 0.25) is 0 Å². The van der Waals surface area contributed by atoms with Gasteiger partial charge in [0.25, 0.3) is 0 Å². The third kappa shape index (κ3) is 4.48. The van der Waals surface area contributed by atoms with Crippen LogP contribution in [0.4, 0.5) is 0 Å². The molecule has 0 fully saturated rings. The molecule has 0 aliphatic heterocycles. The molecule has 2 nitrogen and oxygen atoms in total. The Bertz CT molecular complexity index is 466. The minimum Gasteiger partial charge on any atom is -0.466 e. The minimum absolute atomic E-state index is 0.310. The van der Waals surface area contributed by atoms with Gasteiger partial charge in [0.1, 0.15) is 5.76 Å². The van der Waals surface area contributed by atoms with Crippen LogP contribution in [0.1, 0.15) is 42.9 Å². The summed E-state index contributed by atoms with van der Waals surface area (Å²) in [6.07, 6.45) is 6.32. The number of thiophene rings is 1. The molecule has 0 aromatic carbocycles. The van der Waals surface area contributed by atoms with E-state index in [4.69, 9.17) is 4.42 Å². The zero-order chi connectivity index (χ0) is 13.5. The third-order valence-corrected chi connectivity index (χ3v) is 4.69. The fourth-order valence-electron chi connectivity index (χ4n) is 2.13. The van der Waals surface area contributed by atoms with Gasteiger partial charge in [0, 0.05) is 4.88 Å². The van der Waals surface area contributed by atoms with Crippen LogP contribution in [0, 0.1) is 0 Å². The second-order valence-corrected chi connectivity index (χ2v) is 6.50. The van der Waals surface area contributed by atoms with E-state index in [1.807, 2.05) is 17.4 Å². The molecule has 0 spiro atoms. The fraction of sp³-hybridized carbons (Fsp3) is 0.467. The molecule has 0 saturated heterocycles. The highest BCUT2D eigenvalue weighted by molar-refractivity contribution is 9.10. The van der Waals surface area contributed by atoms with Crippen LogP contribution in [-0.2, 0) is 6.42 Å². The van der Waals surface area contributed by atoms with Crippen LogP contribution in [0.15, 0.2) is 38.7 Å². The van der Waals surface area contributed by atoms with Gasteiger partial charge in [-0.15, -0.1) is 11.3 Å². The Hall–Kier alpha value is -0.580. The van der Waals surface area contributed by atoms with Crippen molar-refractivity contribution in [3.63, 3.8) is 0 Å². The van der Waals surface area contributed by atoms with Gasteiger partial charge in [-0.05, 0) is 65.7 Å². The van der Waals surface area contributed by atoms with Crippen molar-refractivity contribution in [3.05, 3.63) is 45.0 Å². The molecule has 19 heavy (non-hydrogen) atoms. The van der Waals surface area contributed by atoms with Gasteiger partial charge in [0.05, 0.1) is 16.8 Å². The first kappa shape index (κ1) is 14.8. The van der Waals surface area contributed by atoms with Crippen molar-refractivity contribution in [2.75, 3.05) is 6.54 Å². The number of rotatable bonds is 8. The number of hydrogen-bond acceptors (Lipinski definition) is 3. The van der Waals surface area contributed by atoms with Crippen molar-refractivity contribution >= 4 is 27.3 Å². The number of aryl methyl sites for hydroxylation is 1. The lowest BCUT2D eigenvalue weighted by Gasteiger charge is -2.16. The van der Waals surface area contributed by atoms with Crippen molar-refractivity contribution in [2.45, 2.75) is 38.6 Å². The molecule has 1 atom stereocenters. The van der Waals surface area contributed by atoms with Gasteiger partial charge in [-0.3, -0.25) is 0 Å². The van der Waals surface area contributed by atoms with Crippen molar-refractivity contribution in [2.24, 2.45) is 0 Å². The summed E-state index contributed by atoms with van der Waals surface area (Å²) in [4.78, 5) is 1.47. The Morgan fingerprint density at radius 3 is 2.95 bits per heavy atom. The van der Waals surface area contributed by atoms with Crippen molar-refractivity contribution in [3.8, 4) is 0 Å². The van der Waals surface area contributed by atoms with E-state index in [9.17, 15) is 0 Å². The molecule has 2 aromatic rings. The first-order chi connectivity index (χ1) is 9.31. The standard InChI is InChI=1S/C15H20BrNOS/c1-2-9-17-14(15-13(16)8-10-18-15)7-3-5-12-6-4-11-19-12/h4,6,8,10-11,14,17H,2-3,5,7,9H2,1H3. The van der Waals surface area contributed by atoms with Gasteiger partial charge in [-0.25, -0.2) is 0 Å². The second-order valence-electron chi connectivity index (χ2n) is 4.61. The minimum atomic E-state index is 0.310. The quantitative estimate of drug-likeness (QED) is 0.716. The van der Waals surface area contributed by atoms with Gasteiger partial charge in [-0.1, -0.05) is 13.0 Å². The molecule has 0 aliphatic rings. The summed E-state index contributed by atoms with van der Waals surface area (Å²) in [6.45, 7) is 3.21. The van der Waals surface area contributed by atoms with Crippen molar-refractivity contribution < 1.29 is 4.42 Å². The van der Waals surface area contributed by atoms with Crippen LogP contribution >= 0.6 is 27.3 Å². The average molecular weight is 342 g/mol. The van der Waals surface area contributed by atoms with E-state index in [-0.39, 0.29) is 0 Å². The zero-order valence-electron chi connectivity index (χ0n) is 11.2. The van der Waals surface area contributed by atoms with Crippen molar-refractivity contribution in [1.29, 1.82) is 0 Å². The molecule has 2 aromatic heterocycles. The highest BCUT2D eigenvalue weighted by Gasteiger charge is 2.16. The molecule has 0 amide bonds. The van der Waals surface area contributed by atoms with Gasteiger partial charge >= 0.3 is 0 Å². The zero-order valence-corrected chi connectivity index (χ0v) is 13.6. The maximum absolute atomic E-state index is 5.60. The third-order valence-electron chi connectivity index (χ3n) is 3.10. The fourth-order valence-corrected chi connectivity index (χ4v) is 3.36. The van der Waals surface area contributed by atoms with Gasteiger partial charge in [0.15, 0.2) is 0 Å². The Labute approximate surface area is 127 Å². The number of nitrogens with one attached hydrogen (secondary N) is 1. The van der Waals surface area contributed by atoms with Crippen LogP contribution in [0.5, 0.6) is 0 Å². The first-order valence-corrected chi connectivity index (χ1v) is 8.47. The van der Waals surface area contributed by atoms with Crippen LogP contribution in [0.25, 0.3) is 0 Å². The van der Waals surface area contributed by atoms with Crippen LogP contribution in [0.2, 0.25) is 0 Å². The van der Waals surface area contributed by atoms with E-state index in [1.54, 1.807) is 6.26 Å². The van der Waals surface area contributed by atoms with E-state index >= 15 is 0 Å². The molecule has 2 heterocycles. The first-order valence-electron chi connectivity index (χ1n) is 6.80. The Kier molecular flexibility index (Phi) is 6.14. The van der Waals surface area contributed by atoms with Crippen LogP contribution < -0.4 is 5.32 Å². The summed E-state index contributed by atoms with van der Waals surface area (Å²) in [5.41, 5.74) is 0. The normalized spacial score (nSPS) is 12.7. The van der Waals surface area contributed by atoms with E-state index in [1.165, 1.54) is 11.3 Å². The highest BCUT2D eigenvalue weighted by Crippen LogP contribution is 2.28. The predicted octanol–water partition coefficient (Wildman–Crippen LogP) is 5.17. The summed E-state index contributed by atoms with van der Waals surface area (Å²) in [7, 11) is 0. The Morgan fingerprint density at radius 2 is 2.32 bits per heavy atom. The summed E-state index contributed by atoms with van der Waals surface area (Å²) in [5.74, 6) is 1.03. The maximum atomic E-state index is 5.60.